The number of pyridine rings is 1. The Labute approximate surface area is 93.2 Å². The maximum Gasteiger partial charge on any atom is 0.141 e. The standard InChI is InChI=1S/C12H10ClNO/c1-8-2-4-9(5-3-8)12-10(15)6-7-11(13)14-12/h2-7,15H,1H3. The van der Waals surface area contributed by atoms with Crippen LogP contribution in [-0.2, 0) is 0 Å². The Morgan fingerprint density at radius 2 is 1.73 bits per heavy atom. The van der Waals surface area contributed by atoms with Crippen LogP contribution >= 0.6 is 11.6 Å². The normalized spacial score (nSPS) is 10.3. The smallest absolute Gasteiger partial charge is 0.141 e. The zero-order chi connectivity index (χ0) is 10.8. The predicted molar refractivity (Wildman–Crippen MR) is 61.1 cm³/mol. The van der Waals surface area contributed by atoms with E-state index >= 15 is 0 Å². The first-order valence-corrected chi connectivity index (χ1v) is 4.97. The highest BCUT2D eigenvalue weighted by Gasteiger charge is 2.06. The molecule has 2 aromatic rings. The van der Waals surface area contributed by atoms with Crippen LogP contribution in [0.2, 0.25) is 5.15 Å². The molecule has 0 aliphatic heterocycles. The molecule has 0 unspecified atom stereocenters. The molecule has 0 saturated heterocycles. The van der Waals surface area contributed by atoms with Crippen LogP contribution in [0.1, 0.15) is 5.56 Å². The van der Waals surface area contributed by atoms with E-state index in [0.717, 1.165) is 5.56 Å². The van der Waals surface area contributed by atoms with Gasteiger partial charge in [0.15, 0.2) is 0 Å². The molecule has 0 aliphatic carbocycles. The highest BCUT2D eigenvalue weighted by molar-refractivity contribution is 6.29. The third-order valence-electron chi connectivity index (χ3n) is 2.16. The van der Waals surface area contributed by atoms with Crippen molar-refractivity contribution in [3.05, 3.63) is 47.1 Å². The summed E-state index contributed by atoms with van der Waals surface area (Å²) in [6, 6.07) is 10.9. The summed E-state index contributed by atoms with van der Waals surface area (Å²) >= 11 is 5.78. The van der Waals surface area contributed by atoms with Gasteiger partial charge in [-0.3, -0.25) is 0 Å². The fourth-order valence-corrected chi connectivity index (χ4v) is 1.50. The van der Waals surface area contributed by atoms with Crippen LogP contribution < -0.4 is 0 Å². The van der Waals surface area contributed by atoms with E-state index in [1.54, 1.807) is 12.1 Å². The minimum absolute atomic E-state index is 0.142. The van der Waals surface area contributed by atoms with Crippen molar-refractivity contribution < 1.29 is 5.11 Å². The first-order valence-electron chi connectivity index (χ1n) is 4.59. The van der Waals surface area contributed by atoms with Crippen LogP contribution in [0.15, 0.2) is 36.4 Å². The van der Waals surface area contributed by atoms with Crippen LogP contribution in [0.5, 0.6) is 5.75 Å². The lowest BCUT2D eigenvalue weighted by atomic mass is 10.1. The highest BCUT2D eigenvalue weighted by atomic mass is 35.5. The zero-order valence-electron chi connectivity index (χ0n) is 8.24. The molecule has 0 aliphatic rings. The predicted octanol–water partition coefficient (Wildman–Crippen LogP) is 3.42. The maximum absolute atomic E-state index is 9.64. The van der Waals surface area contributed by atoms with Gasteiger partial charge in [-0.2, -0.15) is 0 Å². The van der Waals surface area contributed by atoms with Gasteiger partial charge in [-0.05, 0) is 19.1 Å². The number of aryl methyl sites for hydroxylation is 1. The third-order valence-corrected chi connectivity index (χ3v) is 2.38. The maximum atomic E-state index is 9.64. The molecule has 1 aromatic carbocycles. The van der Waals surface area contributed by atoms with E-state index in [0.29, 0.717) is 10.8 Å². The number of aromatic hydroxyl groups is 1. The van der Waals surface area contributed by atoms with Crippen molar-refractivity contribution in [3.63, 3.8) is 0 Å². The largest absolute Gasteiger partial charge is 0.506 e. The number of halogens is 1. The first-order chi connectivity index (χ1) is 7.16. The second kappa shape index (κ2) is 3.91. The first kappa shape index (κ1) is 9.99. The summed E-state index contributed by atoms with van der Waals surface area (Å²) in [7, 11) is 0. The molecule has 0 fully saturated rings. The number of hydrogen-bond donors (Lipinski definition) is 1. The van der Waals surface area contributed by atoms with Gasteiger partial charge in [0.25, 0.3) is 0 Å². The van der Waals surface area contributed by atoms with E-state index in [4.69, 9.17) is 11.6 Å². The van der Waals surface area contributed by atoms with E-state index in [-0.39, 0.29) is 5.75 Å². The Balaban J connectivity index is 2.53. The van der Waals surface area contributed by atoms with Crippen molar-refractivity contribution in [2.75, 3.05) is 0 Å². The molecule has 0 saturated carbocycles. The van der Waals surface area contributed by atoms with Crippen molar-refractivity contribution in [3.8, 4) is 17.0 Å². The van der Waals surface area contributed by atoms with Gasteiger partial charge in [-0.1, -0.05) is 41.4 Å². The molecule has 76 valence electrons. The summed E-state index contributed by atoms with van der Waals surface area (Å²) in [5, 5.41) is 10.0. The molecule has 0 radical (unpaired) electrons. The average molecular weight is 220 g/mol. The molecule has 0 bridgehead atoms. The minimum atomic E-state index is 0.142. The third kappa shape index (κ3) is 2.10. The molecule has 2 nitrogen and oxygen atoms in total. The summed E-state index contributed by atoms with van der Waals surface area (Å²) in [5.41, 5.74) is 2.54. The van der Waals surface area contributed by atoms with Gasteiger partial charge in [0.1, 0.15) is 16.6 Å². The van der Waals surface area contributed by atoms with Crippen LogP contribution in [-0.4, -0.2) is 10.1 Å². The van der Waals surface area contributed by atoms with Crippen LogP contribution in [0.25, 0.3) is 11.3 Å². The minimum Gasteiger partial charge on any atom is -0.506 e. The molecule has 1 heterocycles. The topological polar surface area (TPSA) is 33.1 Å². The van der Waals surface area contributed by atoms with E-state index in [9.17, 15) is 5.11 Å². The Morgan fingerprint density at radius 1 is 1.07 bits per heavy atom. The van der Waals surface area contributed by atoms with Crippen molar-refractivity contribution in [1.82, 2.24) is 4.98 Å². The SMILES string of the molecule is Cc1ccc(-c2nc(Cl)ccc2O)cc1. The summed E-state index contributed by atoms with van der Waals surface area (Å²) in [4.78, 5) is 4.09. The molecule has 1 aromatic heterocycles. The summed E-state index contributed by atoms with van der Waals surface area (Å²) < 4.78 is 0. The molecule has 0 amide bonds. The second-order valence-corrected chi connectivity index (χ2v) is 3.75. The van der Waals surface area contributed by atoms with Gasteiger partial charge in [0.2, 0.25) is 0 Å². The van der Waals surface area contributed by atoms with Crippen molar-refractivity contribution in [2.24, 2.45) is 0 Å². The molecular weight excluding hydrogens is 210 g/mol. The number of benzene rings is 1. The number of aromatic nitrogens is 1. The lowest BCUT2D eigenvalue weighted by Gasteiger charge is -2.04. The number of nitrogens with zero attached hydrogens (tertiary/aromatic N) is 1. The summed E-state index contributed by atoms with van der Waals surface area (Å²) in [5.74, 6) is 0.142. The van der Waals surface area contributed by atoms with E-state index < -0.39 is 0 Å². The Hall–Kier alpha value is -1.54. The molecular formula is C12H10ClNO. The Morgan fingerprint density at radius 3 is 2.40 bits per heavy atom. The molecule has 0 atom stereocenters. The van der Waals surface area contributed by atoms with Crippen LogP contribution in [0, 0.1) is 6.92 Å². The lowest BCUT2D eigenvalue weighted by molar-refractivity contribution is 0.475. The molecule has 0 spiro atoms. The number of rotatable bonds is 1. The van der Waals surface area contributed by atoms with Gasteiger partial charge < -0.3 is 5.11 Å². The Kier molecular flexibility index (Phi) is 2.60. The van der Waals surface area contributed by atoms with Gasteiger partial charge in [0, 0.05) is 5.56 Å². The summed E-state index contributed by atoms with van der Waals surface area (Å²) in [6.07, 6.45) is 0. The second-order valence-electron chi connectivity index (χ2n) is 3.37. The van der Waals surface area contributed by atoms with Crippen LogP contribution in [0.4, 0.5) is 0 Å². The monoisotopic (exact) mass is 219 g/mol. The van der Waals surface area contributed by atoms with Crippen LogP contribution in [0.3, 0.4) is 0 Å². The van der Waals surface area contributed by atoms with Crippen molar-refractivity contribution in [1.29, 1.82) is 0 Å². The van der Waals surface area contributed by atoms with E-state index in [1.807, 2.05) is 31.2 Å². The highest BCUT2D eigenvalue weighted by Crippen LogP contribution is 2.28. The fraction of sp³-hybridized carbons (Fsp3) is 0.0833. The molecule has 15 heavy (non-hydrogen) atoms. The Bertz CT molecular complexity index is 479. The lowest BCUT2D eigenvalue weighted by Crippen LogP contribution is -1.85. The molecule has 2 rings (SSSR count). The van der Waals surface area contributed by atoms with Crippen molar-refractivity contribution >= 4 is 11.6 Å². The van der Waals surface area contributed by atoms with Gasteiger partial charge >= 0.3 is 0 Å². The average Bonchev–Trinajstić information content (AvgIpc) is 2.23. The number of hydrogen-bond acceptors (Lipinski definition) is 2. The van der Waals surface area contributed by atoms with E-state index in [1.165, 1.54) is 5.56 Å². The quantitative estimate of drug-likeness (QED) is 0.746. The van der Waals surface area contributed by atoms with Gasteiger partial charge in [-0.25, -0.2) is 4.98 Å². The molecule has 3 heteroatoms. The molecule has 1 N–H and O–H groups in total. The fourth-order valence-electron chi connectivity index (χ4n) is 1.35. The van der Waals surface area contributed by atoms with Gasteiger partial charge in [0.05, 0.1) is 0 Å². The zero-order valence-corrected chi connectivity index (χ0v) is 8.99. The van der Waals surface area contributed by atoms with E-state index in [2.05, 4.69) is 4.98 Å². The summed E-state index contributed by atoms with van der Waals surface area (Å²) in [6.45, 7) is 2.01. The van der Waals surface area contributed by atoms with Gasteiger partial charge in [-0.15, -0.1) is 0 Å². The van der Waals surface area contributed by atoms with Crippen molar-refractivity contribution in [2.45, 2.75) is 6.92 Å².